The van der Waals surface area contributed by atoms with Crippen molar-refractivity contribution in [3.63, 3.8) is 0 Å². The van der Waals surface area contributed by atoms with Crippen LogP contribution in [-0.4, -0.2) is 48.4 Å². The predicted octanol–water partition coefficient (Wildman–Crippen LogP) is 5.32. The van der Waals surface area contributed by atoms with Crippen molar-refractivity contribution in [2.24, 2.45) is 0 Å². The summed E-state index contributed by atoms with van der Waals surface area (Å²) in [6.45, 7) is 0.887. The van der Waals surface area contributed by atoms with E-state index < -0.39 is 36.7 Å². The molecule has 7 nitrogen and oxygen atoms in total. The Bertz CT molecular complexity index is 1320. The Morgan fingerprint density at radius 1 is 0.610 bits per heavy atom. The number of carbonyl (C=O) groups excluding carboxylic acids is 1. The van der Waals surface area contributed by atoms with E-state index in [2.05, 4.69) is 0 Å². The molecule has 4 aromatic rings. The van der Waals surface area contributed by atoms with Crippen molar-refractivity contribution in [1.82, 2.24) is 0 Å². The highest BCUT2D eigenvalue weighted by Crippen LogP contribution is 2.30. The maximum absolute atomic E-state index is 13.3. The van der Waals surface area contributed by atoms with Gasteiger partial charge in [-0.2, -0.15) is 0 Å². The summed E-state index contributed by atoms with van der Waals surface area (Å²) in [7, 11) is 0. The number of carbonyl (C=O) groups is 1. The molecule has 7 heteroatoms. The lowest BCUT2D eigenvalue weighted by Crippen LogP contribution is -2.61. The first-order valence-electron chi connectivity index (χ1n) is 13.7. The van der Waals surface area contributed by atoms with Gasteiger partial charge in [-0.15, -0.1) is 0 Å². The Balaban J connectivity index is 1.39. The third-order valence-corrected chi connectivity index (χ3v) is 6.83. The van der Waals surface area contributed by atoms with Gasteiger partial charge >= 0.3 is 5.97 Å². The van der Waals surface area contributed by atoms with Crippen molar-refractivity contribution in [1.29, 1.82) is 0 Å². The Hall–Kier alpha value is -3.85. The number of hydrogen-bond donors (Lipinski definition) is 1. The highest BCUT2D eigenvalue weighted by Gasteiger charge is 2.49. The highest BCUT2D eigenvalue weighted by molar-refractivity contribution is 5.89. The molecule has 1 unspecified atom stereocenters. The largest absolute Gasteiger partial charge is 0.453 e. The Morgan fingerprint density at radius 3 is 1.61 bits per heavy atom. The quantitative estimate of drug-likeness (QED) is 0.238. The molecule has 0 spiro atoms. The van der Waals surface area contributed by atoms with Crippen LogP contribution in [0.3, 0.4) is 0 Å². The Morgan fingerprint density at radius 2 is 1.07 bits per heavy atom. The molecule has 0 radical (unpaired) electrons. The number of aliphatic hydroxyl groups is 1. The van der Waals surface area contributed by atoms with E-state index >= 15 is 0 Å². The molecule has 41 heavy (non-hydrogen) atoms. The second-order valence-electron chi connectivity index (χ2n) is 9.82. The lowest BCUT2D eigenvalue weighted by atomic mass is 9.98. The summed E-state index contributed by atoms with van der Waals surface area (Å²) in [5.74, 6) is -0.546. The van der Waals surface area contributed by atoms with Crippen LogP contribution in [0.5, 0.6) is 0 Å². The molecule has 1 aliphatic heterocycles. The predicted molar refractivity (Wildman–Crippen MR) is 153 cm³/mol. The topological polar surface area (TPSA) is 83.5 Å². The van der Waals surface area contributed by atoms with Crippen LogP contribution in [0.4, 0.5) is 0 Å². The molecule has 4 aromatic carbocycles. The SMILES string of the molecule is O=C(O[C@H]1[C@H](OCc2ccccc2)[C@@H](COCc2ccccc2)OC(O)[C@@H]1OCc1ccccc1)c1ccccc1. The molecule has 0 saturated carbocycles. The molecule has 0 aromatic heterocycles. The van der Waals surface area contributed by atoms with Crippen LogP contribution in [0.15, 0.2) is 121 Å². The first kappa shape index (κ1) is 28.7. The molecule has 5 rings (SSSR count). The third kappa shape index (κ3) is 8.10. The average molecular weight is 555 g/mol. The molecular weight excluding hydrogens is 520 g/mol. The monoisotopic (exact) mass is 554 g/mol. The van der Waals surface area contributed by atoms with Crippen LogP contribution >= 0.6 is 0 Å². The molecule has 1 heterocycles. The zero-order chi connectivity index (χ0) is 28.3. The Labute approximate surface area is 240 Å². The summed E-state index contributed by atoms with van der Waals surface area (Å²) < 4.78 is 30.6. The minimum atomic E-state index is -1.38. The lowest BCUT2D eigenvalue weighted by molar-refractivity contribution is -0.307. The van der Waals surface area contributed by atoms with E-state index in [-0.39, 0.29) is 19.8 Å². The standard InChI is InChI=1S/C34H34O7/c35-33(28-19-11-4-12-20-28)41-31-30(38-22-26-15-7-2-8-16-26)29(24-37-21-25-13-5-1-6-14-25)40-34(36)32(31)39-23-27-17-9-3-10-18-27/h1-20,29-32,34,36H,21-24H2/t29-,30-,31+,32-,34?/m1/s1. The van der Waals surface area contributed by atoms with E-state index in [1.54, 1.807) is 24.3 Å². The fraction of sp³-hybridized carbons (Fsp3) is 0.265. The number of ether oxygens (including phenoxy) is 5. The van der Waals surface area contributed by atoms with Gasteiger partial charge in [0.05, 0.1) is 32.0 Å². The summed E-state index contributed by atoms with van der Waals surface area (Å²) in [6, 6.07) is 37.8. The fourth-order valence-corrected chi connectivity index (χ4v) is 4.71. The van der Waals surface area contributed by atoms with Crippen LogP contribution in [0, 0.1) is 0 Å². The van der Waals surface area contributed by atoms with Gasteiger partial charge in [0.15, 0.2) is 12.4 Å². The van der Waals surface area contributed by atoms with Gasteiger partial charge in [-0.1, -0.05) is 109 Å². The van der Waals surface area contributed by atoms with Crippen molar-refractivity contribution in [2.75, 3.05) is 6.61 Å². The molecule has 0 amide bonds. The van der Waals surface area contributed by atoms with Crippen molar-refractivity contribution in [2.45, 2.75) is 50.5 Å². The van der Waals surface area contributed by atoms with Gasteiger partial charge in [0.1, 0.15) is 18.3 Å². The molecule has 212 valence electrons. The van der Waals surface area contributed by atoms with Crippen LogP contribution < -0.4 is 0 Å². The zero-order valence-corrected chi connectivity index (χ0v) is 22.7. The number of aliphatic hydroxyl groups excluding tert-OH is 1. The molecule has 0 bridgehead atoms. The maximum atomic E-state index is 13.3. The molecule has 0 aliphatic carbocycles. The summed E-state index contributed by atoms with van der Waals surface area (Å²) in [5, 5.41) is 11.1. The van der Waals surface area contributed by atoms with Gasteiger partial charge in [0.25, 0.3) is 0 Å². The van der Waals surface area contributed by atoms with Gasteiger partial charge < -0.3 is 28.8 Å². The number of benzene rings is 4. The van der Waals surface area contributed by atoms with E-state index in [4.69, 9.17) is 23.7 Å². The van der Waals surface area contributed by atoms with E-state index in [0.29, 0.717) is 12.2 Å². The second-order valence-corrected chi connectivity index (χ2v) is 9.82. The van der Waals surface area contributed by atoms with E-state index in [1.165, 1.54) is 0 Å². The first-order valence-corrected chi connectivity index (χ1v) is 13.7. The molecular formula is C34H34O7. The van der Waals surface area contributed by atoms with Crippen molar-refractivity contribution in [3.05, 3.63) is 144 Å². The maximum Gasteiger partial charge on any atom is 0.338 e. The Kier molecular flexibility index (Phi) is 10.3. The van der Waals surface area contributed by atoms with Crippen molar-refractivity contribution >= 4 is 5.97 Å². The van der Waals surface area contributed by atoms with E-state index in [0.717, 1.165) is 16.7 Å². The number of esters is 1. The molecule has 5 atom stereocenters. The van der Waals surface area contributed by atoms with Crippen molar-refractivity contribution < 1.29 is 33.6 Å². The number of rotatable bonds is 12. The molecule has 1 saturated heterocycles. The zero-order valence-electron chi connectivity index (χ0n) is 22.7. The highest BCUT2D eigenvalue weighted by atomic mass is 16.7. The lowest BCUT2D eigenvalue weighted by Gasteiger charge is -2.44. The minimum Gasteiger partial charge on any atom is -0.453 e. The average Bonchev–Trinajstić information content (AvgIpc) is 3.02. The van der Waals surface area contributed by atoms with E-state index in [9.17, 15) is 9.90 Å². The molecule has 1 N–H and O–H groups in total. The fourth-order valence-electron chi connectivity index (χ4n) is 4.71. The van der Waals surface area contributed by atoms with Crippen LogP contribution in [0.1, 0.15) is 27.0 Å². The smallest absolute Gasteiger partial charge is 0.338 e. The van der Waals surface area contributed by atoms with Gasteiger partial charge in [-0.05, 0) is 28.8 Å². The normalized spacial score (nSPS) is 22.2. The van der Waals surface area contributed by atoms with E-state index in [1.807, 2.05) is 97.1 Å². The van der Waals surface area contributed by atoms with Gasteiger partial charge in [-0.25, -0.2) is 4.79 Å². The molecule has 1 fully saturated rings. The van der Waals surface area contributed by atoms with Gasteiger partial charge in [0.2, 0.25) is 0 Å². The van der Waals surface area contributed by atoms with Crippen LogP contribution in [0.25, 0.3) is 0 Å². The van der Waals surface area contributed by atoms with Crippen molar-refractivity contribution in [3.8, 4) is 0 Å². The van der Waals surface area contributed by atoms with Gasteiger partial charge in [0, 0.05) is 0 Å². The second kappa shape index (κ2) is 14.7. The summed E-state index contributed by atoms with van der Waals surface area (Å²) in [5.41, 5.74) is 3.23. The molecule has 1 aliphatic rings. The summed E-state index contributed by atoms with van der Waals surface area (Å²) in [6.07, 6.45) is -4.89. The minimum absolute atomic E-state index is 0.107. The van der Waals surface area contributed by atoms with Gasteiger partial charge in [-0.3, -0.25) is 0 Å². The summed E-state index contributed by atoms with van der Waals surface area (Å²) in [4.78, 5) is 13.3. The number of hydrogen-bond acceptors (Lipinski definition) is 7. The first-order chi connectivity index (χ1) is 20.2. The van der Waals surface area contributed by atoms with Crippen LogP contribution in [0.2, 0.25) is 0 Å². The summed E-state index contributed by atoms with van der Waals surface area (Å²) >= 11 is 0. The van der Waals surface area contributed by atoms with Crippen LogP contribution in [-0.2, 0) is 43.5 Å². The third-order valence-electron chi connectivity index (χ3n) is 6.83.